The first-order valence-corrected chi connectivity index (χ1v) is 7.70. The molecule has 21 heavy (non-hydrogen) atoms. The molecule has 3 N–H and O–H groups in total. The summed E-state index contributed by atoms with van der Waals surface area (Å²) >= 11 is 1.67. The van der Waals surface area contributed by atoms with Crippen LogP contribution in [-0.2, 0) is 0 Å². The smallest absolute Gasteiger partial charge is 0.173 e. The Morgan fingerprint density at radius 2 is 1.90 bits per heavy atom. The molecule has 0 unspecified atom stereocenters. The fraction of sp³-hybridized carbons (Fsp3) is 0.188. The summed E-state index contributed by atoms with van der Waals surface area (Å²) in [6.45, 7) is 2.08. The molecule has 0 saturated carbocycles. The van der Waals surface area contributed by atoms with Gasteiger partial charge in [0.1, 0.15) is 0 Å². The molecule has 2 rings (SSSR count). The molecular formula is C16H19N3OS. The fourth-order valence-electron chi connectivity index (χ4n) is 2.17. The number of para-hydroxylation sites is 1. The van der Waals surface area contributed by atoms with Crippen LogP contribution in [0.4, 0.5) is 11.4 Å². The highest BCUT2D eigenvalue weighted by molar-refractivity contribution is 7.99. The van der Waals surface area contributed by atoms with Gasteiger partial charge in [0, 0.05) is 17.6 Å². The Morgan fingerprint density at radius 3 is 2.52 bits per heavy atom. The fourth-order valence-corrected chi connectivity index (χ4v) is 3.01. The van der Waals surface area contributed by atoms with E-state index in [1.54, 1.807) is 11.8 Å². The monoisotopic (exact) mass is 301 g/mol. The lowest BCUT2D eigenvalue weighted by Crippen LogP contribution is -2.20. The van der Waals surface area contributed by atoms with Crippen molar-refractivity contribution in [3.63, 3.8) is 0 Å². The maximum Gasteiger partial charge on any atom is 0.173 e. The van der Waals surface area contributed by atoms with E-state index in [4.69, 9.17) is 10.9 Å². The molecule has 0 aliphatic heterocycles. The maximum atomic E-state index is 9.09. The predicted octanol–water partition coefficient (Wildman–Crippen LogP) is 3.66. The highest BCUT2D eigenvalue weighted by Crippen LogP contribution is 2.33. The van der Waals surface area contributed by atoms with Gasteiger partial charge in [-0.25, -0.2) is 0 Å². The van der Waals surface area contributed by atoms with Gasteiger partial charge in [-0.3, -0.25) is 0 Å². The minimum Gasteiger partial charge on any atom is -0.409 e. The number of oxime groups is 1. The van der Waals surface area contributed by atoms with Gasteiger partial charge in [-0.1, -0.05) is 36.3 Å². The van der Waals surface area contributed by atoms with E-state index in [0.717, 1.165) is 27.6 Å². The van der Waals surface area contributed by atoms with Gasteiger partial charge in [-0.15, -0.1) is 11.8 Å². The molecule has 2 aromatic rings. The number of nitrogens with two attached hydrogens (primary N) is 1. The predicted molar refractivity (Wildman–Crippen MR) is 89.9 cm³/mol. The molecule has 0 heterocycles. The molecule has 0 atom stereocenters. The summed E-state index contributed by atoms with van der Waals surface area (Å²) in [6.07, 6.45) is 0. The molecule has 0 radical (unpaired) electrons. The summed E-state index contributed by atoms with van der Waals surface area (Å²) in [6, 6.07) is 15.9. The number of thioether (sulfide) groups is 1. The van der Waals surface area contributed by atoms with Crippen LogP contribution in [0.2, 0.25) is 0 Å². The molecule has 0 aromatic heterocycles. The van der Waals surface area contributed by atoms with Crippen LogP contribution in [-0.4, -0.2) is 23.8 Å². The van der Waals surface area contributed by atoms with E-state index < -0.39 is 0 Å². The van der Waals surface area contributed by atoms with Gasteiger partial charge >= 0.3 is 0 Å². The van der Waals surface area contributed by atoms with Crippen molar-refractivity contribution in [2.24, 2.45) is 10.9 Å². The minimum absolute atomic E-state index is 0.129. The second-order valence-corrected chi connectivity index (χ2v) is 5.77. The number of nitrogens with zero attached hydrogens (tertiary/aromatic N) is 2. The summed E-state index contributed by atoms with van der Waals surface area (Å²) in [5.41, 5.74) is 8.62. The van der Waals surface area contributed by atoms with E-state index in [1.165, 1.54) is 0 Å². The lowest BCUT2D eigenvalue weighted by Gasteiger charge is -2.23. The van der Waals surface area contributed by atoms with Gasteiger partial charge in [0.05, 0.1) is 11.3 Å². The number of benzene rings is 2. The van der Waals surface area contributed by atoms with Crippen LogP contribution in [0.5, 0.6) is 0 Å². The standard InChI is InChI=1S/C16H19N3OS/c1-3-21-14-11-7-10-13(15(14)16(17)18-20)19(2)12-8-5-4-6-9-12/h4-11,20H,3H2,1-2H3,(H2,17,18). The van der Waals surface area contributed by atoms with Crippen LogP contribution in [0, 0.1) is 0 Å². The number of anilines is 2. The zero-order chi connectivity index (χ0) is 15.2. The molecule has 0 aliphatic carbocycles. The Balaban J connectivity index is 2.55. The van der Waals surface area contributed by atoms with Crippen molar-refractivity contribution in [2.45, 2.75) is 11.8 Å². The summed E-state index contributed by atoms with van der Waals surface area (Å²) < 4.78 is 0. The number of amidine groups is 1. The second-order valence-electron chi connectivity index (χ2n) is 4.46. The normalized spacial score (nSPS) is 11.4. The topological polar surface area (TPSA) is 61.8 Å². The van der Waals surface area contributed by atoms with Gasteiger partial charge in [-0.05, 0) is 30.0 Å². The lowest BCUT2D eigenvalue weighted by molar-refractivity contribution is 0.318. The molecule has 0 bridgehead atoms. The van der Waals surface area contributed by atoms with Crippen LogP contribution in [0.25, 0.3) is 0 Å². The Hall–Kier alpha value is -2.14. The van der Waals surface area contributed by atoms with E-state index in [0.29, 0.717) is 0 Å². The summed E-state index contributed by atoms with van der Waals surface area (Å²) in [7, 11) is 1.97. The Morgan fingerprint density at radius 1 is 1.19 bits per heavy atom. The largest absolute Gasteiger partial charge is 0.409 e. The number of hydrogen-bond donors (Lipinski definition) is 2. The molecule has 0 saturated heterocycles. The molecule has 4 nitrogen and oxygen atoms in total. The molecule has 110 valence electrons. The first-order chi connectivity index (χ1) is 10.2. The molecule has 0 spiro atoms. The van der Waals surface area contributed by atoms with Crippen LogP contribution < -0.4 is 10.6 Å². The average molecular weight is 301 g/mol. The van der Waals surface area contributed by atoms with E-state index in [1.807, 2.05) is 60.5 Å². The Bertz CT molecular complexity index is 629. The Kier molecular flexibility index (Phi) is 5.11. The van der Waals surface area contributed by atoms with E-state index in [9.17, 15) is 0 Å². The number of hydrogen-bond acceptors (Lipinski definition) is 4. The van der Waals surface area contributed by atoms with Crippen LogP contribution in [0.1, 0.15) is 12.5 Å². The van der Waals surface area contributed by atoms with Crippen LogP contribution >= 0.6 is 11.8 Å². The average Bonchev–Trinajstić information content (AvgIpc) is 2.54. The molecule has 0 fully saturated rings. The van der Waals surface area contributed by atoms with Crippen LogP contribution in [0.3, 0.4) is 0 Å². The van der Waals surface area contributed by atoms with Crippen molar-refractivity contribution in [1.29, 1.82) is 0 Å². The lowest BCUT2D eigenvalue weighted by atomic mass is 10.1. The molecule has 0 aliphatic rings. The van der Waals surface area contributed by atoms with E-state index in [2.05, 4.69) is 12.1 Å². The van der Waals surface area contributed by atoms with Crippen molar-refractivity contribution < 1.29 is 5.21 Å². The van der Waals surface area contributed by atoms with Crippen molar-refractivity contribution in [3.8, 4) is 0 Å². The third-order valence-corrected chi connectivity index (χ3v) is 4.11. The van der Waals surface area contributed by atoms with Crippen molar-refractivity contribution in [3.05, 3.63) is 54.1 Å². The highest BCUT2D eigenvalue weighted by Gasteiger charge is 2.16. The first-order valence-electron chi connectivity index (χ1n) is 6.71. The summed E-state index contributed by atoms with van der Waals surface area (Å²) in [5, 5.41) is 12.3. The third kappa shape index (κ3) is 3.31. The third-order valence-electron chi connectivity index (χ3n) is 3.17. The zero-order valence-electron chi connectivity index (χ0n) is 12.2. The van der Waals surface area contributed by atoms with Crippen molar-refractivity contribution in [2.75, 3.05) is 17.7 Å². The van der Waals surface area contributed by atoms with Gasteiger partial charge in [0.25, 0.3) is 0 Å². The number of rotatable bonds is 5. The van der Waals surface area contributed by atoms with Gasteiger partial charge < -0.3 is 15.8 Å². The molecule has 5 heteroatoms. The first kappa shape index (κ1) is 15.3. The van der Waals surface area contributed by atoms with Crippen LogP contribution in [0.15, 0.2) is 58.6 Å². The SMILES string of the molecule is CCSc1cccc(N(C)c2ccccc2)c1/C(N)=N/O. The molecular weight excluding hydrogens is 282 g/mol. The minimum atomic E-state index is 0.129. The van der Waals surface area contributed by atoms with Gasteiger partial charge in [0.2, 0.25) is 0 Å². The van der Waals surface area contributed by atoms with Gasteiger partial charge in [0.15, 0.2) is 5.84 Å². The Labute approximate surface area is 129 Å². The maximum absolute atomic E-state index is 9.09. The highest BCUT2D eigenvalue weighted by atomic mass is 32.2. The van der Waals surface area contributed by atoms with Crippen molar-refractivity contribution >= 4 is 29.0 Å². The second kappa shape index (κ2) is 7.04. The quantitative estimate of drug-likeness (QED) is 0.291. The summed E-state index contributed by atoms with van der Waals surface area (Å²) in [5.74, 6) is 1.05. The van der Waals surface area contributed by atoms with Crippen molar-refractivity contribution in [1.82, 2.24) is 0 Å². The zero-order valence-corrected chi connectivity index (χ0v) is 13.0. The summed E-state index contributed by atoms with van der Waals surface area (Å²) in [4.78, 5) is 3.04. The van der Waals surface area contributed by atoms with Gasteiger partial charge in [-0.2, -0.15) is 0 Å². The molecule has 0 amide bonds. The van der Waals surface area contributed by atoms with E-state index in [-0.39, 0.29) is 5.84 Å². The molecule has 2 aromatic carbocycles. The van der Waals surface area contributed by atoms with E-state index >= 15 is 0 Å².